The van der Waals surface area contributed by atoms with Gasteiger partial charge in [-0.2, -0.15) is 5.10 Å². The van der Waals surface area contributed by atoms with Gasteiger partial charge in [0.1, 0.15) is 11.3 Å². The zero-order chi connectivity index (χ0) is 17.9. The molecule has 0 saturated carbocycles. The van der Waals surface area contributed by atoms with Crippen molar-refractivity contribution in [1.29, 1.82) is 0 Å². The molecule has 26 heavy (non-hydrogen) atoms. The molecule has 4 rings (SSSR count). The van der Waals surface area contributed by atoms with Crippen molar-refractivity contribution in [3.63, 3.8) is 0 Å². The third kappa shape index (κ3) is 3.13. The fraction of sp³-hybridized carbons (Fsp3) is 0.238. The molecule has 132 valence electrons. The van der Waals surface area contributed by atoms with Gasteiger partial charge >= 0.3 is 0 Å². The Hall–Kier alpha value is -2.92. The topological polar surface area (TPSA) is 47.1 Å². The number of furan rings is 1. The summed E-state index contributed by atoms with van der Waals surface area (Å²) in [6.07, 6.45) is 6.38. The van der Waals surface area contributed by atoms with Crippen molar-refractivity contribution in [2.24, 2.45) is 0 Å². The largest absolute Gasteiger partial charge is 0.461 e. The SMILES string of the molecule is CCc1oc2ccccc2c1CN(C)Cn1nccc1-c1cccnc1. The van der Waals surface area contributed by atoms with Crippen LogP contribution >= 0.6 is 0 Å². The number of hydrogen-bond donors (Lipinski definition) is 0. The normalized spacial score (nSPS) is 11.5. The maximum atomic E-state index is 6.02. The molecule has 5 heteroatoms. The van der Waals surface area contributed by atoms with Gasteiger partial charge in [0, 0.05) is 48.1 Å². The van der Waals surface area contributed by atoms with Crippen LogP contribution in [0.4, 0.5) is 0 Å². The summed E-state index contributed by atoms with van der Waals surface area (Å²) in [6.45, 7) is 3.64. The molecule has 3 heterocycles. The Labute approximate surface area is 152 Å². The minimum Gasteiger partial charge on any atom is -0.461 e. The van der Waals surface area contributed by atoms with E-state index < -0.39 is 0 Å². The van der Waals surface area contributed by atoms with Crippen molar-refractivity contribution in [2.45, 2.75) is 26.6 Å². The van der Waals surface area contributed by atoms with Crippen LogP contribution < -0.4 is 0 Å². The summed E-state index contributed by atoms with van der Waals surface area (Å²) in [7, 11) is 2.11. The first-order valence-electron chi connectivity index (χ1n) is 8.86. The van der Waals surface area contributed by atoms with E-state index in [4.69, 9.17) is 4.42 Å². The molecule has 3 aromatic heterocycles. The van der Waals surface area contributed by atoms with E-state index in [0.717, 1.165) is 35.6 Å². The van der Waals surface area contributed by atoms with Crippen molar-refractivity contribution < 1.29 is 4.42 Å². The molecule has 0 unspecified atom stereocenters. The lowest BCUT2D eigenvalue weighted by molar-refractivity contribution is 0.247. The average Bonchev–Trinajstić information content (AvgIpc) is 3.27. The quantitative estimate of drug-likeness (QED) is 0.521. The first kappa shape index (κ1) is 16.5. The second kappa shape index (κ2) is 7.14. The highest BCUT2D eigenvalue weighted by atomic mass is 16.3. The van der Waals surface area contributed by atoms with E-state index in [9.17, 15) is 0 Å². The van der Waals surface area contributed by atoms with Crippen LogP contribution in [0.5, 0.6) is 0 Å². The monoisotopic (exact) mass is 346 g/mol. The van der Waals surface area contributed by atoms with Gasteiger partial charge in [0.15, 0.2) is 0 Å². The van der Waals surface area contributed by atoms with Crippen LogP contribution in [0.1, 0.15) is 18.2 Å². The lowest BCUT2D eigenvalue weighted by Gasteiger charge is -2.18. The number of nitrogens with zero attached hydrogens (tertiary/aromatic N) is 4. The third-order valence-corrected chi connectivity index (χ3v) is 4.58. The molecule has 0 N–H and O–H groups in total. The van der Waals surface area contributed by atoms with Crippen molar-refractivity contribution in [2.75, 3.05) is 7.05 Å². The highest BCUT2D eigenvalue weighted by Gasteiger charge is 2.15. The van der Waals surface area contributed by atoms with Crippen molar-refractivity contribution in [1.82, 2.24) is 19.7 Å². The molecule has 4 aromatic rings. The maximum Gasteiger partial charge on any atom is 0.134 e. The standard InChI is InChI=1S/C21H22N4O/c1-3-20-18(17-8-4-5-9-21(17)26-20)14-24(2)15-25-19(10-12-23-25)16-7-6-11-22-13-16/h4-13H,3,14-15H2,1-2H3. The second-order valence-corrected chi connectivity index (χ2v) is 6.47. The van der Waals surface area contributed by atoms with Crippen molar-refractivity contribution in [3.8, 4) is 11.3 Å². The number of aryl methyl sites for hydroxylation is 1. The van der Waals surface area contributed by atoms with E-state index in [2.05, 4.69) is 47.2 Å². The molecule has 0 saturated heterocycles. The van der Waals surface area contributed by atoms with Crippen LogP contribution in [0.2, 0.25) is 0 Å². The zero-order valence-corrected chi connectivity index (χ0v) is 15.1. The Kier molecular flexibility index (Phi) is 4.54. The molecule has 0 aliphatic carbocycles. The molecule has 0 fully saturated rings. The summed E-state index contributed by atoms with van der Waals surface area (Å²) in [5, 5.41) is 5.69. The average molecular weight is 346 g/mol. The lowest BCUT2D eigenvalue weighted by Crippen LogP contribution is -2.23. The molecule has 0 atom stereocenters. The number of aromatic nitrogens is 3. The van der Waals surface area contributed by atoms with Gasteiger partial charge in [-0.3, -0.25) is 14.6 Å². The number of fused-ring (bicyclic) bond motifs is 1. The maximum absolute atomic E-state index is 6.02. The van der Waals surface area contributed by atoms with Crippen LogP contribution in [0.3, 0.4) is 0 Å². The van der Waals surface area contributed by atoms with Crippen LogP contribution in [-0.2, 0) is 19.6 Å². The summed E-state index contributed by atoms with van der Waals surface area (Å²) < 4.78 is 8.02. The van der Waals surface area contributed by atoms with Gasteiger partial charge in [-0.25, -0.2) is 0 Å². The Morgan fingerprint density at radius 3 is 2.77 bits per heavy atom. The van der Waals surface area contributed by atoms with Crippen LogP contribution in [0, 0.1) is 0 Å². The summed E-state index contributed by atoms with van der Waals surface area (Å²) in [6, 6.07) is 14.3. The Morgan fingerprint density at radius 1 is 1.08 bits per heavy atom. The summed E-state index contributed by atoms with van der Waals surface area (Å²) in [4.78, 5) is 6.46. The van der Waals surface area contributed by atoms with Crippen molar-refractivity contribution >= 4 is 11.0 Å². The minimum atomic E-state index is 0.694. The summed E-state index contributed by atoms with van der Waals surface area (Å²) in [5.41, 5.74) is 4.36. The van der Waals surface area contributed by atoms with Gasteiger partial charge < -0.3 is 4.42 Å². The van der Waals surface area contributed by atoms with Gasteiger partial charge in [-0.15, -0.1) is 0 Å². The van der Waals surface area contributed by atoms with E-state index in [1.165, 1.54) is 10.9 Å². The third-order valence-electron chi connectivity index (χ3n) is 4.58. The van der Waals surface area contributed by atoms with E-state index in [-0.39, 0.29) is 0 Å². The fourth-order valence-electron chi connectivity index (χ4n) is 3.36. The second-order valence-electron chi connectivity index (χ2n) is 6.47. The highest BCUT2D eigenvalue weighted by molar-refractivity contribution is 5.82. The van der Waals surface area contributed by atoms with Crippen LogP contribution in [0.25, 0.3) is 22.2 Å². The molecule has 0 radical (unpaired) electrons. The van der Waals surface area contributed by atoms with E-state index in [1.54, 1.807) is 6.20 Å². The predicted molar refractivity (Wildman–Crippen MR) is 103 cm³/mol. The Morgan fingerprint density at radius 2 is 1.96 bits per heavy atom. The Bertz CT molecular complexity index is 1000. The highest BCUT2D eigenvalue weighted by Crippen LogP contribution is 2.27. The zero-order valence-electron chi connectivity index (χ0n) is 15.1. The lowest BCUT2D eigenvalue weighted by atomic mass is 10.1. The van der Waals surface area contributed by atoms with E-state index in [1.807, 2.05) is 41.3 Å². The molecule has 1 aromatic carbocycles. The van der Waals surface area contributed by atoms with Gasteiger partial charge in [-0.05, 0) is 31.3 Å². The van der Waals surface area contributed by atoms with Crippen molar-refractivity contribution in [3.05, 3.63) is 72.4 Å². The summed E-state index contributed by atoms with van der Waals surface area (Å²) >= 11 is 0. The smallest absolute Gasteiger partial charge is 0.134 e. The Balaban J connectivity index is 1.58. The van der Waals surface area contributed by atoms with Gasteiger partial charge in [0.05, 0.1) is 12.4 Å². The van der Waals surface area contributed by atoms with Crippen LogP contribution in [-0.4, -0.2) is 26.7 Å². The first-order chi connectivity index (χ1) is 12.8. The molecule has 0 bridgehead atoms. The van der Waals surface area contributed by atoms with Crippen LogP contribution in [0.15, 0.2) is 65.5 Å². The summed E-state index contributed by atoms with van der Waals surface area (Å²) in [5.74, 6) is 1.06. The van der Waals surface area contributed by atoms with Gasteiger partial charge in [0.2, 0.25) is 0 Å². The first-order valence-corrected chi connectivity index (χ1v) is 8.86. The van der Waals surface area contributed by atoms with E-state index >= 15 is 0 Å². The minimum absolute atomic E-state index is 0.694. The molecule has 0 spiro atoms. The number of benzene rings is 1. The fourth-order valence-corrected chi connectivity index (χ4v) is 3.36. The molecular weight excluding hydrogens is 324 g/mol. The number of para-hydroxylation sites is 1. The number of hydrogen-bond acceptors (Lipinski definition) is 4. The molecule has 5 nitrogen and oxygen atoms in total. The predicted octanol–water partition coefficient (Wildman–Crippen LogP) is 4.34. The molecule has 0 aliphatic rings. The number of pyridine rings is 1. The molecular formula is C21H22N4O. The van der Waals surface area contributed by atoms with Gasteiger partial charge in [0.25, 0.3) is 0 Å². The molecule has 0 amide bonds. The van der Waals surface area contributed by atoms with E-state index in [0.29, 0.717) is 6.67 Å². The molecule has 0 aliphatic heterocycles. The number of rotatable bonds is 6. The van der Waals surface area contributed by atoms with Gasteiger partial charge in [-0.1, -0.05) is 25.1 Å².